The zero-order valence-corrected chi connectivity index (χ0v) is 8.42. The Morgan fingerprint density at radius 1 is 1.06 bits per heavy atom. The first-order valence-electron chi connectivity index (χ1n) is 4.91. The average Bonchev–Trinajstić information content (AvgIpc) is 2.76. The van der Waals surface area contributed by atoms with Gasteiger partial charge in [0.05, 0.1) is 5.69 Å². The zero-order chi connectivity index (χ0) is 11.0. The third-order valence-electron chi connectivity index (χ3n) is 2.33. The molecule has 16 heavy (non-hydrogen) atoms. The maximum atomic E-state index is 5.80. The largest absolute Gasteiger partial charge is 0.435 e. The standard InChI is InChI=1S/C12H9N3O/c13-8-4-3-6-10-11(8)15-12(16-10)9-5-1-2-7-14-9/h1-7H,13H2. The summed E-state index contributed by atoms with van der Waals surface area (Å²) < 4.78 is 5.58. The molecule has 0 radical (unpaired) electrons. The normalized spacial score (nSPS) is 10.8. The molecule has 2 N–H and O–H groups in total. The molecule has 0 bridgehead atoms. The number of anilines is 1. The molecule has 78 valence electrons. The lowest BCUT2D eigenvalue weighted by Crippen LogP contribution is -1.85. The molecule has 0 aliphatic carbocycles. The summed E-state index contributed by atoms with van der Waals surface area (Å²) in [5.74, 6) is 0.494. The molecule has 0 aliphatic heterocycles. The fraction of sp³-hybridized carbons (Fsp3) is 0. The Balaban J connectivity index is 2.23. The van der Waals surface area contributed by atoms with Gasteiger partial charge in [-0.2, -0.15) is 0 Å². The van der Waals surface area contributed by atoms with Gasteiger partial charge in [-0.25, -0.2) is 4.98 Å². The smallest absolute Gasteiger partial charge is 0.246 e. The van der Waals surface area contributed by atoms with Crippen LogP contribution in [0.4, 0.5) is 5.69 Å². The summed E-state index contributed by atoms with van der Waals surface area (Å²) in [6.45, 7) is 0. The summed E-state index contributed by atoms with van der Waals surface area (Å²) in [5.41, 5.74) is 8.49. The van der Waals surface area contributed by atoms with Gasteiger partial charge in [-0.3, -0.25) is 4.98 Å². The number of nitrogens with zero attached hydrogens (tertiary/aromatic N) is 2. The third-order valence-corrected chi connectivity index (χ3v) is 2.33. The number of oxazole rings is 1. The number of benzene rings is 1. The Kier molecular flexibility index (Phi) is 1.86. The van der Waals surface area contributed by atoms with E-state index in [1.54, 1.807) is 12.3 Å². The molecule has 0 saturated heterocycles. The molecule has 0 fully saturated rings. The van der Waals surface area contributed by atoms with E-state index in [9.17, 15) is 0 Å². The summed E-state index contributed by atoms with van der Waals surface area (Å²) in [7, 11) is 0. The second-order valence-corrected chi connectivity index (χ2v) is 3.43. The topological polar surface area (TPSA) is 64.9 Å². The van der Waals surface area contributed by atoms with Gasteiger partial charge in [0, 0.05) is 6.20 Å². The monoisotopic (exact) mass is 211 g/mol. The second kappa shape index (κ2) is 3.34. The van der Waals surface area contributed by atoms with Crippen LogP contribution in [-0.4, -0.2) is 9.97 Å². The molecular formula is C12H9N3O. The highest BCUT2D eigenvalue weighted by Crippen LogP contribution is 2.25. The summed E-state index contributed by atoms with van der Waals surface area (Å²) in [6, 6.07) is 11.1. The van der Waals surface area contributed by atoms with Gasteiger partial charge in [-0.1, -0.05) is 12.1 Å². The van der Waals surface area contributed by atoms with Gasteiger partial charge >= 0.3 is 0 Å². The molecule has 0 saturated carbocycles. The minimum atomic E-state index is 0.494. The second-order valence-electron chi connectivity index (χ2n) is 3.43. The maximum absolute atomic E-state index is 5.80. The van der Waals surface area contributed by atoms with Crippen molar-refractivity contribution in [3.63, 3.8) is 0 Å². The van der Waals surface area contributed by atoms with Crippen LogP contribution in [0.5, 0.6) is 0 Å². The van der Waals surface area contributed by atoms with Crippen LogP contribution in [0.2, 0.25) is 0 Å². The molecule has 0 atom stereocenters. The van der Waals surface area contributed by atoms with E-state index in [0.717, 1.165) is 0 Å². The van der Waals surface area contributed by atoms with E-state index >= 15 is 0 Å². The van der Waals surface area contributed by atoms with Crippen molar-refractivity contribution in [3.8, 4) is 11.6 Å². The SMILES string of the molecule is Nc1cccc2oc(-c3ccccn3)nc12. The van der Waals surface area contributed by atoms with Crippen molar-refractivity contribution in [3.05, 3.63) is 42.6 Å². The van der Waals surface area contributed by atoms with Crippen LogP contribution < -0.4 is 5.73 Å². The molecule has 0 unspecified atom stereocenters. The number of nitrogen functional groups attached to an aromatic ring is 1. The maximum Gasteiger partial charge on any atom is 0.246 e. The van der Waals surface area contributed by atoms with Gasteiger partial charge in [-0.15, -0.1) is 0 Å². The van der Waals surface area contributed by atoms with Gasteiger partial charge < -0.3 is 10.2 Å². The quantitative estimate of drug-likeness (QED) is 0.628. The number of nitrogens with two attached hydrogens (primary N) is 1. The fourth-order valence-electron chi connectivity index (χ4n) is 1.57. The highest BCUT2D eigenvalue weighted by atomic mass is 16.3. The van der Waals surface area contributed by atoms with Crippen molar-refractivity contribution >= 4 is 16.8 Å². The molecule has 0 aliphatic rings. The van der Waals surface area contributed by atoms with Gasteiger partial charge in [0.1, 0.15) is 11.2 Å². The molecule has 4 heteroatoms. The van der Waals surface area contributed by atoms with Gasteiger partial charge in [0.2, 0.25) is 5.89 Å². The Morgan fingerprint density at radius 3 is 2.75 bits per heavy atom. The van der Waals surface area contributed by atoms with Crippen molar-refractivity contribution in [2.45, 2.75) is 0 Å². The number of hydrogen-bond acceptors (Lipinski definition) is 4. The van der Waals surface area contributed by atoms with Crippen LogP contribution in [0.3, 0.4) is 0 Å². The highest BCUT2D eigenvalue weighted by Gasteiger charge is 2.10. The molecule has 3 rings (SSSR count). The molecule has 1 aromatic carbocycles. The Morgan fingerprint density at radius 2 is 2.00 bits per heavy atom. The predicted molar refractivity (Wildman–Crippen MR) is 61.7 cm³/mol. The average molecular weight is 211 g/mol. The summed E-state index contributed by atoms with van der Waals surface area (Å²) in [6.07, 6.45) is 1.70. The first kappa shape index (κ1) is 8.91. The number of hydrogen-bond donors (Lipinski definition) is 1. The fourth-order valence-corrected chi connectivity index (χ4v) is 1.57. The minimum absolute atomic E-state index is 0.494. The van der Waals surface area contributed by atoms with E-state index in [0.29, 0.717) is 28.4 Å². The lowest BCUT2D eigenvalue weighted by molar-refractivity contribution is 0.617. The first-order valence-corrected chi connectivity index (χ1v) is 4.91. The van der Waals surface area contributed by atoms with Gasteiger partial charge in [0.25, 0.3) is 0 Å². The van der Waals surface area contributed by atoms with E-state index < -0.39 is 0 Å². The van der Waals surface area contributed by atoms with Crippen LogP contribution in [0.25, 0.3) is 22.7 Å². The number of para-hydroxylation sites is 1. The summed E-state index contributed by atoms with van der Waals surface area (Å²) in [5, 5.41) is 0. The van der Waals surface area contributed by atoms with Crippen molar-refractivity contribution in [1.29, 1.82) is 0 Å². The lowest BCUT2D eigenvalue weighted by atomic mass is 10.3. The summed E-state index contributed by atoms with van der Waals surface area (Å²) >= 11 is 0. The molecule has 2 heterocycles. The molecular weight excluding hydrogens is 202 g/mol. The van der Waals surface area contributed by atoms with Gasteiger partial charge in [-0.05, 0) is 24.3 Å². The molecule has 0 spiro atoms. The molecule has 2 aromatic heterocycles. The van der Waals surface area contributed by atoms with Crippen LogP contribution in [0, 0.1) is 0 Å². The lowest BCUT2D eigenvalue weighted by Gasteiger charge is -1.90. The Bertz CT molecular complexity index is 631. The van der Waals surface area contributed by atoms with E-state index in [1.807, 2.05) is 30.3 Å². The number of pyridine rings is 1. The minimum Gasteiger partial charge on any atom is -0.435 e. The van der Waals surface area contributed by atoms with Crippen LogP contribution >= 0.6 is 0 Å². The zero-order valence-electron chi connectivity index (χ0n) is 8.42. The van der Waals surface area contributed by atoms with Crippen LogP contribution in [0.15, 0.2) is 47.0 Å². The molecule has 4 nitrogen and oxygen atoms in total. The first-order chi connectivity index (χ1) is 7.84. The Labute approximate surface area is 91.7 Å². The van der Waals surface area contributed by atoms with Crippen molar-refractivity contribution < 1.29 is 4.42 Å². The number of fused-ring (bicyclic) bond motifs is 1. The van der Waals surface area contributed by atoms with E-state index in [-0.39, 0.29) is 0 Å². The third kappa shape index (κ3) is 1.32. The van der Waals surface area contributed by atoms with E-state index in [1.165, 1.54) is 0 Å². The van der Waals surface area contributed by atoms with Crippen LogP contribution in [0.1, 0.15) is 0 Å². The Hall–Kier alpha value is -2.36. The predicted octanol–water partition coefficient (Wildman–Crippen LogP) is 2.47. The van der Waals surface area contributed by atoms with Crippen molar-refractivity contribution in [2.75, 3.05) is 5.73 Å². The highest BCUT2D eigenvalue weighted by molar-refractivity contribution is 5.86. The van der Waals surface area contributed by atoms with E-state index in [2.05, 4.69) is 9.97 Å². The number of rotatable bonds is 1. The summed E-state index contributed by atoms with van der Waals surface area (Å²) in [4.78, 5) is 8.51. The van der Waals surface area contributed by atoms with Gasteiger partial charge in [0.15, 0.2) is 5.58 Å². The van der Waals surface area contributed by atoms with Crippen LogP contribution in [-0.2, 0) is 0 Å². The van der Waals surface area contributed by atoms with Crippen molar-refractivity contribution in [1.82, 2.24) is 9.97 Å². The van der Waals surface area contributed by atoms with Crippen molar-refractivity contribution in [2.24, 2.45) is 0 Å². The molecule has 3 aromatic rings. The van der Waals surface area contributed by atoms with E-state index in [4.69, 9.17) is 10.2 Å². The number of aromatic nitrogens is 2. The molecule has 0 amide bonds.